The summed E-state index contributed by atoms with van der Waals surface area (Å²) in [7, 11) is 0. The van der Waals surface area contributed by atoms with E-state index >= 15 is 0 Å². The first-order valence-corrected chi connectivity index (χ1v) is 9.38. The maximum Gasteiger partial charge on any atom is 0.280 e. The third kappa shape index (κ3) is 2.01. The zero-order valence-corrected chi connectivity index (χ0v) is 16.2. The first-order valence-electron chi connectivity index (χ1n) is 9.38. The largest absolute Gasteiger partial charge is 1.00 e. The number of hydrogen-bond donors (Lipinski definition) is 0. The number of benzene rings is 1. The van der Waals surface area contributed by atoms with Crippen molar-refractivity contribution in [3.05, 3.63) is 114 Å². The van der Waals surface area contributed by atoms with E-state index in [1.807, 2.05) is 43.0 Å². The number of fused-ring (bicyclic) bond motifs is 1. The molecule has 2 bridgehead atoms. The van der Waals surface area contributed by atoms with Crippen LogP contribution in [0.5, 0.6) is 0 Å². The average Bonchev–Trinajstić information content (AvgIpc) is 3.48. The molecule has 2 atom stereocenters. The Kier molecular flexibility index (Phi) is 3.74. The van der Waals surface area contributed by atoms with Gasteiger partial charge in [0.1, 0.15) is 6.07 Å². The van der Waals surface area contributed by atoms with Gasteiger partial charge >= 0.3 is 0 Å². The van der Waals surface area contributed by atoms with Crippen molar-refractivity contribution in [1.29, 1.82) is 5.26 Å². The van der Waals surface area contributed by atoms with Crippen LogP contribution in [0.4, 0.5) is 0 Å². The molecule has 0 saturated heterocycles. The molecule has 0 N–H and O–H groups in total. The van der Waals surface area contributed by atoms with E-state index in [1.54, 1.807) is 12.5 Å². The summed E-state index contributed by atoms with van der Waals surface area (Å²) in [6, 6.07) is 21.3. The maximum absolute atomic E-state index is 10.6. The van der Waals surface area contributed by atoms with E-state index in [2.05, 4.69) is 41.0 Å². The molecule has 0 radical (unpaired) electrons. The van der Waals surface area contributed by atoms with Gasteiger partial charge in [0.2, 0.25) is 0 Å². The molecule has 4 aromatic rings. The minimum Gasteiger partial charge on any atom is -1.00 e. The van der Waals surface area contributed by atoms with Crippen LogP contribution in [0.3, 0.4) is 0 Å². The minimum atomic E-state index is -0.795. The van der Waals surface area contributed by atoms with Gasteiger partial charge in [0.15, 0.2) is 11.9 Å². The summed E-state index contributed by atoms with van der Waals surface area (Å²) >= 11 is 0. The van der Waals surface area contributed by atoms with E-state index in [9.17, 15) is 5.26 Å². The van der Waals surface area contributed by atoms with Crippen LogP contribution in [-0.4, -0.2) is 0 Å². The molecule has 7 rings (SSSR count). The molecule has 1 aromatic carbocycles. The molecule has 1 aliphatic carbocycles. The summed E-state index contributed by atoms with van der Waals surface area (Å²) in [5.74, 6) is 0.0512. The molecule has 0 saturated carbocycles. The quantitative estimate of drug-likeness (QED) is 0.476. The Labute approximate surface area is 174 Å². The van der Waals surface area contributed by atoms with Gasteiger partial charge in [-0.3, -0.25) is 0 Å². The van der Waals surface area contributed by atoms with Crippen LogP contribution in [0, 0.1) is 11.3 Å². The molecule has 3 aromatic heterocycles. The standard InChI is InChI=1S/C24H17N2O2.ClH/c25-16-23-15-24(17-8-11-27-13-17,18-9-12-28-14-18)22(19-5-1-2-6-20(19)23)21-7-3-4-10-26(21)23;/h1-14,22H,15H2;1H/q+1;/p-1. The van der Waals surface area contributed by atoms with Gasteiger partial charge in [-0.15, -0.1) is 0 Å². The fourth-order valence-corrected chi connectivity index (χ4v) is 5.55. The van der Waals surface area contributed by atoms with E-state index < -0.39 is 11.0 Å². The van der Waals surface area contributed by atoms with Crippen LogP contribution in [0.15, 0.2) is 94.7 Å². The van der Waals surface area contributed by atoms with Crippen LogP contribution >= 0.6 is 0 Å². The van der Waals surface area contributed by atoms with Crippen molar-refractivity contribution in [3.63, 3.8) is 0 Å². The van der Waals surface area contributed by atoms with E-state index in [4.69, 9.17) is 8.83 Å². The lowest BCUT2D eigenvalue weighted by atomic mass is 9.50. The zero-order valence-electron chi connectivity index (χ0n) is 15.5. The van der Waals surface area contributed by atoms with E-state index in [0.717, 1.165) is 22.4 Å². The molecule has 4 nitrogen and oxygen atoms in total. The van der Waals surface area contributed by atoms with E-state index in [-0.39, 0.29) is 18.3 Å². The first kappa shape index (κ1) is 17.8. The second-order valence-electron chi connectivity index (χ2n) is 7.66. The highest BCUT2D eigenvalue weighted by Crippen LogP contribution is 2.61. The van der Waals surface area contributed by atoms with Crippen molar-refractivity contribution >= 4 is 0 Å². The highest BCUT2D eigenvalue weighted by Gasteiger charge is 2.67. The highest BCUT2D eigenvalue weighted by molar-refractivity contribution is 5.57. The summed E-state index contributed by atoms with van der Waals surface area (Å²) in [6.07, 6.45) is 9.71. The monoisotopic (exact) mass is 400 g/mol. The molecular formula is C24H17ClN2O2. The summed E-state index contributed by atoms with van der Waals surface area (Å²) in [5.41, 5.74) is 4.34. The Morgan fingerprint density at radius 2 is 1.62 bits per heavy atom. The molecule has 5 heterocycles. The topological polar surface area (TPSA) is 54.0 Å². The minimum absolute atomic E-state index is 0. The number of nitrogens with zero attached hydrogens (tertiary/aromatic N) is 2. The van der Waals surface area contributed by atoms with Gasteiger partial charge in [0, 0.05) is 35.2 Å². The fraction of sp³-hybridized carbons (Fsp3) is 0.167. The van der Waals surface area contributed by atoms with Gasteiger partial charge in [-0.05, 0) is 17.7 Å². The van der Waals surface area contributed by atoms with E-state index in [0.29, 0.717) is 6.42 Å². The van der Waals surface area contributed by atoms with Crippen LogP contribution in [0.25, 0.3) is 0 Å². The maximum atomic E-state index is 10.6. The molecule has 29 heavy (non-hydrogen) atoms. The van der Waals surface area contributed by atoms with Crippen LogP contribution in [0.2, 0.25) is 0 Å². The van der Waals surface area contributed by atoms with Crippen LogP contribution in [0.1, 0.15) is 40.3 Å². The molecule has 3 aliphatic rings. The van der Waals surface area contributed by atoms with Crippen molar-refractivity contribution in [1.82, 2.24) is 0 Å². The Morgan fingerprint density at radius 1 is 0.931 bits per heavy atom. The van der Waals surface area contributed by atoms with Crippen molar-refractivity contribution in [3.8, 4) is 6.07 Å². The molecule has 0 amide bonds. The van der Waals surface area contributed by atoms with Gasteiger partial charge in [-0.1, -0.05) is 30.3 Å². The predicted octanol–water partition coefficient (Wildman–Crippen LogP) is 1.27. The average molecular weight is 401 g/mol. The number of furan rings is 2. The summed E-state index contributed by atoms with van der Waals surface area (Å²) < 4.78 is 13.2. The number of hydrogen-bond acceptors (Lipinski definition) is 3. The van der Waals surface area contributed by atoms with Crippen molar-refractivity contribution < 1.29 is 25.8 Å². The lowest BCUT2D eigenvalue weighted by molar-refractivity contribution is -0.759. The molecule has 0 spiro atoms. The lowest BCUT2D eigenvalue weighted by Crippen LogP contribution is -3.00. The fourth-order valence-electron chi connectivity index (χ4n) is 5.55. The highest BCUT2D eigenvalue weighted by atomic mass is 35.5. The Morgan fingerprint density at radius 3 is 2.28 bits per heavy atom. The normalized spacial score (nSPS) is 22.8. The van der Waals surface area contributed by atoms with E-state index in [1.165, 1.54) is 5.56 Å². The summed E-state index contributed by atoms with van der Waals surface area (Å²) in [4.78, 5) is 0. The van der Waals surface area contributed by atoms with Gasteiger partial charge in [-0.25, -0.2) is 0 Å². The van der Waals surface area contributed by atoms with Gasteiger partial charge in [0.05, 0.1) is 36.4 Å². The van der Waals surface area contributed by atoms with Crippen LogP contribution < -0.4 is 17.0 Å². The second-order valence-corrected chi connectivity index (χ2v) is 7.66. The first-order chi connectivity index (χ1) is 13.8. The smallest absolute Gasteiger partial charge is 0.280 e. The number of halogens is 1. The molecule has 2 unspecified atom stereocenters. The third-order valence-electron chi connectivity index (χ3n) is 6.60. The van der Waals surface area contributed by atoms with Gasteiger partial charge in [-0.2, -0.15) is 9.83 Å². The van der Waals surface area contributed by atoms with Gasteiger partial charge < -0.3 is 21.2 Å². The molecule has 5 heteroatoms. The van der Waals surface area contributed by atoms with Crippen molar-refractivity contribution in [2.24, 2.45) is 0 Å². The van der Waals surface area contributed by atoms with Crippen molar-refractivity contribution in [2.45, 2.75) is 23.3 Å². The van der Waals surface area contributed by atoms with Crippen LogP contribution in [-0.2, 0) is 11.0 Å². The predicted molar refractivity (Wildman–Crippen MR) is 100 cm³/mol. The summed E-state index contributed by atoms with van der Waals surface area (Å²) in [5, 5.41) is 10.6. The zero-order chi connectivity index (χ0) is 18.8. The second kappa shape index (κ2) is 6.10. The lowest BCUT2D eigenvalue weighted by Gasteiger charge is -2.51. The molecule has 2 aliphatic heterocycles. The number of aromatic nitrogens is 1. The Bertz CT molecular complexity index is 1140. The number of nitriles is 1. The third-order valence-corrected chi connectivity index (χ3v) is 6.60. The number of pyridine rings is 1. The van der Waals surface area contributed by atoms with Crippen molar-refractivity contribution in [2.75, 3.05) is 0 Å². The van der Waals surface area contributed by atoms with Gasteiger partial charge in [0.25, 0.3) is 5.54 Å². The molecule has 0 fully saturated rings. The number of rotatable bonds is 2. The Balaban J connectivity index is 0.00000181. The molecule has 142 valence electrons. The Hall–Kier alpha value is -3.29. The summed E-state index contributed by atoms with van der Waals surface area (Å²) in [6.45, 7) is 0. The molecular weight excluding hydrogens is 384 g/mol. The SMILES string of the molecule is N#CC12CC(c3ccoc3)(c3ccoc3)C(c3ccccc31)c1cccc[n+]12.[Cl-].